The number of hydrogen-bond acceptors (Lipinski definition) is 1. The summed E-state index contributed by atoms with van der Waals surface area (Å²) in [7, 11) is 0. The highest BCUT2D eigenvalue weighted by Gasteiger charge is 2.34. The first-order chi connectivity index (χ1) is 6.18. The van der Waals surface area contributed by atoms with Crippen LogP contribution in [0.3, 0.4) is 0 Å². The summed E-state index contributed by atoms with van der Waals surface area (Å²) >= 11 is 0. The minimum Gasteiger partial charge on any atom is -0.358 e. The van der Waals surface area contributed by atoms with E-state index in [1.165, 1.54) is 25.7 Å². The van der Waals surface area contributed by atoms with Gasteiger partial charge in [0.05, 0.1) is 5.84 Å². The molecule has 2 fully saturated rings. The molecule has 0 amide bonds. The molecule has 2 rings (SSSR count). The minimum atomic E-state index is 0.522. The fourth-order valence-corrected chi connectivity index (χ4v) is 1.76. The van der Waals surface area contributed by atoms with Crippen molar-refractivity contribution in [3.8, 4) is 0 Å². The lowest BCUT2D eigenvalue weighted by Gasteiger charge is -2.29. The highest BCUT2D eigenvalue weighted by molar-refractivity contribution is 5.84. The van der Waals surface area contributed by atoms with Crippen LogP contribution < -0.4 is 0 Å². The van der Waals surface area contributed by atoms with E-state index in [2.05, 4.69) is 18.7 Å². The Balaban J connectivity index is 1.90. The summed E-state index contributed by atoms with van der Waals surface area (Å²) in [5.41, 5.74) is 0. The molecule has 0 heterocycles. The van der Waals surface area contributed by atoms with Gasteiger partial charge in [0.25, 0.3) is 0 Å². The van der Waals surface area contributed by atoms with Crippen LogP contribution in [0.2, 0.25) is 0 Å². The highest BCUT2D eigenvalue weighted by Crippen LogP contribution is 2.35. The molecular weight excluding hydrogens is 160 g/mol. The van der Waals surface area contributed by atoms with Gasteiger partial charge in [0.2, 0.25) is 0 Å². The molecule has 1 N–H and O–H groups in total. The molecular formula is C11H20N2. The molecule has 0 spiro atoms. The molecule has 0 radical (unpaired) electrons. The number of hydrogen-bond donors (Lipinski definition) is 1. The van der Waals surface area contributed by atoms with E-state index in [1.54, 1.807) is 0 Å². The van der Waals surface area contributed by atoms with Crippen LogP contribution in [0.5, 0.6) is 0 Å². The molecule has 74 valence electrons. The van der Waals surface area contributed by atoms with Gasteiger partial charge >= 0.3 is 0 Å². The second-order valence-electron chi connectivity index (χ2n) is 4.85. The Morgan fingerprint density at radius 2 is 1.92 bits per heavy atom. The number of nitrogens with zero attached hydrogens (tertiary/aromatic N) is 1. The molecule has 2 saturated carbocycles. The van der Waals surface area contributed by atoms with E-state index in [-0.39, 0.29) is 0 Å². The average molecular weight is 180 g/mol. The van der Waals surface area contributed by atoms with Gasteiger partial charge in [-0.25, -0.2) is 0 Å². The largest absolute Gasteiger partial charge is 0.358 e. The van der Waals surface area contributed by atoms with Crippen molar-refractivity contribution in [3.63, 3.8) is 0 Å². The van der Waals surface area contributed by atoms with Gasteiger partial charge in [-0.3, -0.25) is 5.41 Å². The fraction of sp³-hybridized carbons (Fsp3) is 0.909. The second kappa shape index (κ2) is 3.32. The Morgan fingerprint density at radius 1 is 1.31 bits per heavy atom. The quantitative estimate of drug-likeness (QED) is 0.522. The van der Waals surface area contributed by atoms with Gasteiger partial charge in [-0.05, 0) is 45.4 Å². The zero-order valence-corrected chi connectivity index (χ0v) is 8.71. The second-order valence-corrected chi connectivity index (χ2v) is 4.85. The Kier molecular flexibility index (Phi) is 2.31. The summed E-state index contributed by atoms with van der Waals surface area (Å²) in [5.74, 6) is 2.43. The predicted octanol–water partition coefficient (Wildman–Crippen LogP) is 2.49. The Labute approximate surface area is 80.8 Å². The summed E-state index contributed by atoms with van der Waals surface area (Å²) in [5, 5.41) is 8.04. The molecule has 13 heavy (non-hydrogen) atoms. The summed E-state index contributed by atoms with van der Waals surface area (Å²) in [6.45, 7) is 5.56. The van der Waals surface area contributed by atoms with E-state index >= 15 is 0 Å². The predicted molar refractivity (Wildman–Crippen MR) is 55.0 cm³/mol. The summed E-state index contributed by atoms with van der Waals surface area (Å²) in [4.78, 5) is 2.31. The lowest BCUT2D eigenvalue weighted by molar-refractivity contribution is 0.325. The van der Waals surface area contributed by atoms with Crippen molar-refractivity contribution in [1.29, 1.82) is 5.41 Å². The molecule has 2 aliphatic rings. The molecule has 2 heteroatoms. The van der Waals surface area contributed by atoms with E-state index < -0.39 is 0 Å². The summed E-state index contributed by atoms with van der Waals surface area (Å²) in [6.07, 6.45) is 5.29. The first-order valence-corrected chi connectivity index (χ1v) is 5.53. The minimum absolute atomic E-state index is 0.522. The third kappa shape index (κ3) is 2.23. The molecule has 2 aliphatic carbocycles. The van der Waals surface area contributed by atoms with E-state index in [0.717, 1.165) is 18.3 Å². The van der Waals surface area contributed by atoms with Crippen molar-refractivity contribution in [3.05, 3.63) is 0 Å². The number of nitrogens with one attached hydrogen (secondary N) is 1. The zero-order valence-electron chi connectivity index (χ0n) is 8.71. The third-order valence-corrected chi connectivity index (χ3v) is 3.05. The van der Waals surface area contributed by atoms with Gasteiger partial charge in [-0.1, -0.05) is 0 Å². The molecule has 0 aromatic rings. The van der Waals surface area contributed by atoms with Gasteiger partial charge in [-0.15, -0.1) is 0 Å². The van der Waals surface area contributed by atoms with Crippen LogP contribution in [0.4, 0.5) is 0 Å². The van der Waals surface area contributed by atoms with Gasteiger partial charge in [0.15, 0.2) is 0 Å². The van der Waals surface area contributed by atoms with Crippen LogP contribution in [0.15, 0.2) is 0 Å². The molecule has 2 nitrogen and oxygen atoms in total. The van der Waals surface area contributed by atoms with Gasteiger partial charge < -0.3 is 4.90 Å². The SMILES string of the molecule is CC(C)N(CC1CC1)C(=N)C1CC1. The lowest BCUT2D eigenvalue weighted by Crippen LogP contribution is -2.39. The molecule has 0 saturated heterocycles. The van der Waals surface area contributed by atoms with Crippen LogP contribution in [-0.2, 0) is 0 Å². The maximum absolute atomic E-state index is 8.04. The molecule has 0 unspecified atom stereocenters. The van der Waals surface area contributed by atoms with Gasteiger partial charge in [-0.2, -0.15) is 0 Å². The number of amidine groups is 1. The van der Waals surface area contributed by atoms with Gasteiger partial charge in [0.1, 0.15) is 0 Å². The molecule has 0 atom stereocenters. The average Bonchev–Trinajstić information content (AvgIpc) is 2.90. The first-order valence-electron chi connectivity index (χ1n) is 5.53. The van der Waals surface area contributed by atoms with E-state index in [0.29, 0.717) is 12.0 Å². The molecule has 0 aromatic heterocycles. The smallest absolute Gasteiger partial charge is 0.0991 e. The fourth-order valence-electron chi connectivity index (χ4n) is 1.76. The Hall–Kier alpha value is -0.530. The highest BCUT2D eigenvalue weighted by atomic mass is 15.2. The third-order valence-electron chi connectivity index (χ3n) is 3.05. The van der Waals surface area contributed by atoms with Crippen LogP contribution in [0.1, 0.15) is 39.5 Å². The maximum atomic E-state index is 8.04. The lowest BCUT2D eigenvalue weighted by atomic mass is 10.2. The molecule has 0 bridgehead atoms. The normalized spacial score (nSPS) is 22.1. The van der Waals surface area contributed by atoms with Crippen molar-refractivity contribution < 1.29 is 0 Å². The zero-order chi connectivity index (χ0) is 9.42. The summed E-state index contributed by atoms with van der Waals surface area (Å²) in [6, 6.07) is 0.522. The van der Waals surface area contributed by atoms with Crippen LogP contribution in [-0.4, -0.2) is 23.3 Å². The topological polar surface area (TPSA) is 27.1 Å². The monoisotopic (exact) mass is 180 g/mol. The van der Waals surface area contributed by atoms with Crippen LogP contribution >= 0.6 is 0 Å². The van der Waals surface area contributed by atoms with E-state index in [1.807, 2.05) is 0 Å². The molecule has 0 aromatic carbocycles. The maximum Gasteiger partial charge on any atom is 0.0991 e. The Bertz CT molecular complexity index is 202. The van der Waals surface area contributed by atoms with Crippen molar-refractivity contribution in [2.45, 2.75) is 45.6 Å². The van der Waals surface area contributed by atoms with Crippen molar-refractivity contribution in [2.75, 3.05) is 6.54 Å². The molecule has 0 aliphatic heterocycles. The van der Waals surface area contributed by atoms with Crippen molar-refractivity contribution in [2.24, 2.45) is 11.8 Å². The number of rotatable bonds is 4. The summed E-state index contributed by atoms with van der Waals surface area (Å²) < 4.78 is 0. The van der Waals surface area contributed by atoms with E-state index in [4.69, 9.17) is 5.41 Å². The Morgan fingerprint density at radius 3 is 2.31 bits per heavy atom. The standard InChI is InChI=1S/C11H20N2/c1-8(2)13(7-9-3-4-9)11(12)10-5-6-10/h8-10,12H,3-7H2,1-2H3. The van der Waals surface area contributed by atoms with E-state index in [9.17, 15) is 0 Å². The van der Waals surface area contributed by atoms with Crippen molar-refractivity contribution in [1.82, 2.24) is 4.90 Å². The first kappa shape index (κ1) is 9.04. The van der Waals surface area contributed by atoms with Crippen LogP contribution in [0.25, 0.3) is 0 Å². The van der Waals surface area contributed by atoms with Crippen LogP contribution in [0, 0.1) is 17.2 Å². The van der Waals surface area contributed by atoms with Gasteiger partial charge in [0, 0.05) is 18.5 Å². The van der Waals surface area contributed by atoms with Crippen molar-refractivity contribution >= 4 is 5.84 Å².